The van der Waals surface area contributed by atoms with E-state index in [2.05, 4.69) is 6.92 Å². The fraction of sp³-hybridized carbons (Fsp3) is 0.364. The Kier molecular flexibility index (Phi) is 4.01. The molecule has 0 aliphatic heterocycles. The molecule has 0 heterocycles. The number of thiocarbonyl (C=S) groups is 1. The normalized spacial score (nSPS) is 9.93. The first kappa shape index (κ1) is 11.1. The van der Waals surface area contributed by atoms with Gasteiger partial charge in [-0.2, -0.15) is 0 Å². The number of hydrogen-bond acceptors (Lipinski definition) is 2. The quantitative estimate of drug-likeness (QED) is 0.709. The lowest BCUT2D eigenvalue weighted by Crippen LogP contribution is -1.97. The van der Waals surface area contributed by atoms with Gasteiger partial charge < -0.3 is 4.74 Å². The summed E-state index contributed by atoms with van der Waals surface area (Å²) in [7, 11) is 1.52. The van der Waals surface area contributed by atoms with E-state index in [1.807, 2.05) is 6.07 Å². The van der Waals surface area contributed by atoms with Crippen molar-refractivity contribution in [3.63, 3.8) is 0 Å². The van der Waals surface area contributed by atoms with Crippen LogP contribution in [0.2, 0.25) is 0 Å². The first-order valence-electron chi connectivity index (χ1n) is 4.54. The van der Waals surface area contributed by atoms with Gasteiger partial charge in [-0.25, -0.2) is 4.39 Å². The van der Waals surface area contributed by atoms with Crippen LogP contribution in [-0.2, 0) is 6.42 Å². The zero-order valence-electron chi connectivity index (χ0n) is 8.34. The fourth-order valence-corrected chi connectivity index (χ4v) is 1.59. The monoisotopic (exact) mass is 212 g/mol. The summed E-state index contributed by atoms with van der Waals surface area (Å²) in [6.45, 7) is 2.05. The molecule has 1 aromatic rings. The highest BCUT2D eigenvalue weighted by Crippen LogP contribution is 2.23. The van der Waals surface area contributed by atoms with E-state index in [1.165, 1.54) is 18.5 Å². The molecule has 0 unspecified atom stereocenters. The van der Waals surface area contributed by atoms with Crippen molar-refractivity contribution >= 4 is 17.6 Å². The molecule has 0 spiro atoms. The first-order valence-corrected chi connectivity index (χ1v) is 5.01. The first-order chi connectivity index (χ1) is 6.72. The summed E-state index contributed by atoms with van der Waals surface area (Å²) in [5.41, 5.74) is 1.31. The molecule has 0 aliphatic carbocycles. The predicted octanol–water partition coefficient (Wildman–Crippen LogP) is 3.13. The summed E-state index contributed by atoms with van der Waals surface area (Å²) in [6, 6.07) is 3.36. The standard InChI is InChI=1S/C11H13FOS/c1-3-4-8-5-10(12)9(7-14)11(6-8)13-2/h5-7H,3-4H2,1-2H3. The van der Waals surface area contributed by atoms with Crippen LogP contribution in [0.15, 0.2) is 12.1 Å². The maximum Gasteiger partial charge on any atom is 0.135 e. The van der Waals surface area contributed by atoms with Crippen LogP contribution in [0.4, 0.5) is 4.39 Å². The average molecular weight is 212 g/mol. The summed E-state index contributed by atoms with van der Waals surface area (Å²) < 4.78 is 18.5. The summed E-state index contributed by atoms with van der Waals surface area (Å²) in [5, 5.41) is 1.31. The van der Waals surface area contributed by atoms with Crippen LogP contribution in [0.3, 0.4) is 0 Å². The minimum atomic E-state index is -0.303. The second kappa shape index (κ2) is 5.05. The lowest BCUT2D eigenvalue weighted by atomic mass is 10.1. The van der Waals surface area contributed by atoms with Gasteiger partial charge in [-0.3, -0.25) is 0 Å². The Morgan fingerprint density at radius 2 is 2.21 bits per heavy atom. The van der Waals surface area contributed by atoms with E-state index in [0.29, 0.717) is 11.3 Å². The highest BCUT2D eigenvalue weighted by molar-refractivity contribution is 7.79. The van der Waals surface area contributed by atoms with Crippen molar-refractivity contribution in [2.24, 2.45) is 0 Å². The molecule has 0 amide bonds. The van der Waals surface area contributed by atoms with Crippen LogP contribution in [0, 0.1) is 5.82 Å². The smallest absolute Gasteiger partial charge is 0.135 e. The van der Waals surface area contributed by atoms with Crippen LogP contribution in [0.25, 0.3) is 0 Å². The molecule has 14 heavy (non-hydrogen) atoms. The number of hydrogen-bond donors (Lipinski definition) is 0. The molecule has 1 nitrogen and oxygen atoms in total. The topological polar surface area (TPSA) is 9.23 Å². The molecule has 3 heteroatoms. The van der Waals surface area contributed by atoms with Crippen molar-refractivity contribution in [1.82, 2.24) is 0 Å². The van der Waals surface area contributed by atoms with E-state index in [-0.39, 0.29) is 5.82 Å². The molecular formula is C11H13FOS. The number of methoxy groups -OCH3 is 1. The maximum atomic E-state index is 13.4. The van der Waals surface area contributed by atoms with Crippen LogP contribution < -0.4 is 4.74 Å². The number of ether oxygens (including phenoxy) is 1. The van der Waals surface area contributed by atoms with E-state index in [1.54, 1.807) is 0 Å². The third-order valence-corrected chi connectivity index (χ3v) is 2.26. The Morgan fingerprint density at radius 3 is 2.71 bits per heavy atom. The lowest BCUT2D eigenvalue weighted by Gasteiger charge is -2.08. The number of aryl methyl sites for hydroxylation is 1. The maximum absolute atomic E-state index is 13.4. The van der Waals surface area contributed by atoms with Gasteiger partial charge in [0.1, 0.15) is 11.6 Å². The fourth-order valence-electron chi connectivity index (χ4n) is 1.36. The molecule has 0 N–H and O–H groups in total. The summed E-state index contributed by atoms with van der Waals surface area (Å²) in [5.74, 6) is 0.214. The van der Waals surface area contributed by atoms with E-state index >= 15 is 0 Å². The van der Waals surface area contributed by atoms with E-state index in [0.717, 1.165) is 18.4 Å². The van der Waals surface area contributed by atoms with Crippen molar-refractivity contribution in [2.75, 3.05) is 7.11 Å². The SMILES string of the molecule is CCCc1cc(F)c(C=S)c(OC)c1. The Hall–Kier alpha value is -0.960. The van der Waals surface area contributed by atoms with Crippen LogP contribution in [0.1, 0.15) is 24.5 Å². The summed E-state index contributed by atoms with van der Waals surface area (Å²) >= 11 is 4.72. The van der Waals surface area contributed by atoms with Crippen molar-refractivity contribution in [3.05, 3.63) is 29.1 Å². The van der Waals surface area contributed by atoms with Crippen LogP contribution in [0.5, 0.6) is 5.75 Å². The molecule has 1 rings (SSSR count). The third-order valence-electron chi connectivity index (χ3n) is 2.03. The second-order valence-electron chi connectivity index (χ2n) is 3.06. The Bertz CT molecular complexity index is 336. The lowest BCUT2D eigenvalue weighted by molar-refractivity contribution is 0.410. The number of rotatable bonds is 4. The van der Waals surface area contributed by atoms with E-state index < -0.39 is 0 Å². The van der Waals surface area contributed by atoms with Gasteiger partial charge in [-0.15, -0.1) is 0 Å². The minimum absolute atomic E-state index is 0.303. The van der Waals surface area contributed by atoms with Crippen molar-refractivity contribution in [1.29, 1.82) is 0 Å². The summed E-state index contributed by atoms with van der Waals surface area (Å²) in [4.78, 5) is 0. The number of benzene rings is 1. The molecule has 0 saturated carbocycles. The molecule has 0 saturated heterocycles. The molecule has 1 aromatic carbocycles. The zero-order chi connectivity index (χ0) is 10.6. The van der Waals surface area contributed by atoms with Gasteiger partial charge in [-0.1, -0.05) is 25.6 Å². The molecular weight excluding hydrogens is 199 g/mol. The molecule has 0 bridgehead atoms. The molecule has 0 atom stereocenters. The highest BCUT2D eigenvalue weighted by Gasteiger charge is 2.08. The molecule has 76 valence electrons. The van der Waals surface area contributed by atoms with Crippen molar-refractivity contribution < 1.29 is 9.13 Å². The van der Waals surface area contributed by atoms with Crippen LogP contribution >= 0.6 is 12.2 Å². The Morgan fingerprint density at radius 1 is 1.50 bits per heavy atom. The summed E-state index contributed by atoms with van der Waals surface area (Å²) in [6.07, 6.45) is 1.84. The van der Waals surface area contributed by atoms with Gasteiger partial charge in [0.2, 0.25) is 0 Å². The highest BCUT2D eigenvalue weighted by atomic mass is 32.1. The Labute approximate surface area is 88.9 Å². The van der Waals surface area contributed by atoms with Gasteiger partial charge >= 0.3 is 0 Å². The largest absolute Gasteiger partial charge is 0.496 e. The van der Waals surface area contributed by atoms with Gasteiger partial charge in [0, 0.05) is 5.37 Å². The van der Waals surface area contributed by atoms with Crippen molar-refractivity contribution in [2.45, 2.75) is 19.8 Å². The molecule has 0 radical (unpaired) electrons. The predicted molar refractivity (Wildman–Crippen MR) is 59.7 cm³/mol. The third kappa shape index (κ3) is 2.29. The molecule has 0 aliphatic rings. The minimum Gasteiger partial charge on any atom is -0.496 e. The molecule has 0 fully saturated rings. The number of halogens is 1. The van der Waals surface area contributed by atoms with Gasteiger partial charge in [0.15, 0.2) is 0 Å². The average Bonchev–Trinajstić information content (AvgIpc) is 2.17. The van der Waals surface area contributed by atoms with E-state index in [9.17, 15) is 4.39 Å². The van der Waals surface area contributed by atoms with Gasteiger partial charge in [-0.05, 0) is 24.1 Å². The second-order valence-corrected chi connectivity index (χ2v) is 3.30. The Balaban J connectivity index is 3.16. The van der Waals surface area contributed by atoms with Gasteiger partial charge in [0.05, 0.1) is 12.7 Å². The van der Waals surface area contributed by atoms with Crippen molar-refractivity contribution in [3.8, 4) is 5.75 Å². The van der Waals surface area contributed by atoms with Crippen LogP contribution in [-0.4, -0.2) is 12.5 Å². The van der Waals surface area contributed by atoms with E-state index in [4.69, 9.17) is 17.0 Å². The van der Waals surface area contributed by atoms with Gasteiger partial charge in [0.25, 0.3) is 0 Å². The zero-order valence-corrected chi connectivity index (χ0v) is 9.16. The molecule has 0 aromatic heterocycles.